The van der Waals surface area contributed by atoms with E-state index < -0.39 is 0 Å². The molecule has 1 N–H and O–H groups in total. The van der Waals surface area contributed by atoms with E-state index in [9.17, 15) is 0 Å². The Morgan fingerprint density at radius 3 is 1.67 bits per heavy atom. The maximum atomic E-state index is 5.50. The SMILES string of the molecule is C.C.C.CC(C)c1ccccc1.COc1ccccc1OCNC(C)C.[Y]. The van der Waals surface area contributed by atoms with Gasteiger partial charge in [-0.05, 0) is 37.5 Å². The second kappa shape index (κ2) is 19.9. The molecule has 1 radical (unpaired) electrons. The number of nitrogens with one attached hydrogen (secondary N) is 1. The standard InChI is InChI=1S/C11H17NO2.C9H12.3CH4.Y/c1-9(2)12-8-14-11-7-5-4-6-10(11)13-3;1-8(2)9-6-4-3-5-7-9;;;;/h4-7,9,12H,8H2,1-3H3;3-8H,1-2H3;3*1H4;. The molecule has 0 aromatic heterocycles. The molecule has 0 bridgehead atoms. The topological polar surface area (TPSA) is 30.5 Å². The van der Waals surface area contributed by atoms with Gasteiger partial charge in [-0.1, -0.05) is 78.6 Å². The minimum atomic E-state index is 0. The molecule has 153 valence electrons. The first kappa shape index (κ1) is 33.7. The summed E-state index contributed by atoms with van der Waals surface area (Å²) in [6, 6.07) is 18.6. The summed E-state index contributed by atoms with van der Waals surface area (Å²) in [6.07, 6.45) is 0. The van der Waals surface area contributed by atoms with E-state index in [0.717, 1.165) is 11.5 Å². The van der Waals surface area contributed by atoms with Crippen molar-refractivity contribution in [3.8, 4) is 11.5 Å². The molecule has 0 spiro atoms. The van der Waals surface area contributed by atoms with Gasteiger partial charge in [-0.25, -0.2) is 0 Å². The Hall–Kier alpha value is -0.896. The van der Waals surface area contributed by atoms with Crippen molar-refractivity contribution in [1.29, 1.82) is 0 Å². The molecule has 0 saturated heterocycles. The molecular weight excluding hydrogens is 411 g/mol. The third-order valence-electron chi connectivity index (χ3n) is 3.25. The van der Waals surface area contributed by atoms with Crippen molar-refractivity contribution in [1.82, 2.24) is 5.32 Å². The Labute approximate surface area is 194 Å². The van der Waals surface area contributed by atoms with Crippen molar-refractivity contribution in [2.45, 2.75) is 61.9 Å². The molecule has 0 amide bonds. The molecule has 2 aromatic carbocycles. The van der Waals surface area contributed by atoms with Crippen LogP contribution >= 0.6 is 0 Å². The van der Waals surface area contributed by atoms with Crippen molar-refractivity contribution in [2.24, 2.45) is 0 Å². The predicted molar refractivity (Wildman–Crippen MR) is 117 cm³/mol. The first-order valence-corrected chi connectivity index (χ1v) is 8.08. The average Bonchev–Trinajstić information content (AvgIpc) is 2.56. The van der Waals surface area contributed by atoms with E-state index in [1.165, 1.54) is 5.56 Å². The van der Waals surface area contributed by atoms with Crippen molar-refractivity contribution in [3.05, 3.63) is 60.2 Å². The van der Waals surface area contributed by atoms with Crippen LogP contribution in [0, 0.1) is 0 Å². The molecule has 0 aliphatic heterocycles. The van der Waals surface area contributed by atoms with E-state index in [1.54, 1.807) is 7.11 Å². The van der Waals surface area contributed by atoms with Crippen LogP contribution < -0.4 is 14.8 Å². The van der Waals surface area contributed by atoms with E-state index in [-0.39, 0.29) is 55.0 Å². The molecule has 0 heterocycles. The number of rotatable bonds is 6. The Bertz CT molecular complexity index is 545. The summed E-state index contributed by atoms with van der Waals surface area (Å²) in [5, 5.41) is 3.17. The van der Waals surface area contributed by atoms with Gasteiger partial charge in [0.25, 0.3) is 0 Å². The number of hydrogen-bond acceptors (Lipinski definition) is 3. The third kappa shape index (κ3) is 14.8. The number of hydrogen-bond donors (Lipinski definition) is 1. The smallest absolute Gasteiger partial charge is 0.163 e. The molecule has 27 heavy (non-hydrogen) atoms. The summed E-state index contributed by atoms with van der Waals surface area (Å²) in [4.78, 5) is 0. The van der Waals surface area contributed by atoms with Crippen LogP contribution in [0.15, 0.2) is 54.6 Å². The number of methoxy groups -OCH3 is 1. The summed E-state index contributed by atoms with van der Waals surface area (Å²) < 4.78 is 10.7. The van der Waals surface area contributed by atoms with Crippen LogP contribution in [-0.2, 0) is 32.7 Å². The number of ether oxygens (including phenoxy) is 2. The molecule has 0 saturated carbocycles. The molecule has 4 heteroatoms. The van der Waals surface area contributed by atoms with Gasteiger partial charge in [0.15, 0.2) is 11.5 Å². The summed E-state index contributed by atoms with van der Waals surface area (Å²) in [5.74, 6) is 2.19. The van der Waals surface area contributed by atoms with E-state index in [0.29, 0.717) is 18.7 Å². The first-order chi connectivity index (χ1) is 11.0. The van der Waals surface area contributed by atoms with Crippen molar-refractivity contribution >= 4 is 0 Å². The van der Waals surface area contributed by atoms with Gasteiger partial charge in [0.2, 0.25) is 0 Å². The molecule has 2 rings (SSSR count). The number of benzene rings is 2. The Kier molecular flexibility index (Phi) is 24.8. The molecule has 0 aliphatic carbocycles. The monoisotopic (exact) mass is 452 g/mol. The van der Waals surface area contributed by atoms with E-state index >= 15 is 0 Å². The van der Waals surface area contributed by atoms with Gasteiger partial charge >= 0.3 is 0 Å². The third-order valence-corrected chi connectivity index (χ3v) is 3.25. The summed E-state index contributed by atoms with van der Waals surface area (Å²) in [6.45, 7) is 9.06. The fraction of sp³-hybridized carbons (Fsp3) is 0.478. The minimum absolute atomic E-state index is 0. The zero-order valence-electron chi connectivity index (χ0n) is 15.5. The maximum absolute atomic E-state index is 5.50. The Morgan fingerprint density at radius 2 is 1.26 bits per heavy atom. The first-order valence-electron chi connectivity index (χ1n) is 8.08. The van der Waals surface area contributed by atoms with Gasteiger partial charge in [0.05, 0.1) is 7.11 Å². The predicted octanol–water partition coefficient (Wildman–Crippen LogP) is 6.75. The van der Waals surface area contributed by atoms with Crippen LogP contribution in [0.2, 0.25) is 0 Å². The molecule has 3 nitrogen and oxygen atoms in total. The van der Waals surface area contributed by atoms with Gasteiger partial charge in [-0.15, -0.1) is 0 Å². The van der Waals surface area contributed by atoms with Crippen LogP contribution in [0.1, 0.15) is 61.5 Å². The van der Waals surface area contributed by atoms with Gasteiger partial charge in [-0.3, -0.25) is 5.32 Å². The second-order valence-electron chi connectivity index (χ2n) is 5.86. The quantitative estimate of drug-likeness (QED) is 0.492. The molecule has 0 aliphatic rings. The van der Waals surface area contributed by atoms with Crippen LogP contribution in [-0.4, -0.2) is 19.9 Å². The van der Waals surface area contributed by atoms with Gasteiger partial charge in [0, 0.05) is 38.8 Å². The molecular formula is C23H41NO2Y. The van der Waals surface area contributed by atoms with Crippen LogP contribution in [0.3, 0.4) is 0 Å². The minimum Gasteiger partial charge on any atom is -0.493 e. The van der Waals surface area contributed by atoms with Crippen LogP contribution in [0.25, 0.3) is 0 Å². The van der Waals surface area contributed by atoms with Crippen molar-refractivity contribution < 1.29 is 42.2 Å². The fourth-order valence-electron chi connectivity index (χ4n) is 1.86. The molecule has 2 aromatic rings. The van der Waals surface area contributed by atoms with E-state index in [1.807, 2.05) is 30.3 Å². The van der Waals surface area contributed by atoms with Crippen LogP contribution in [0.4, 0.5) is 0 Å². The molecule has 0 unspecified atom stereocenters. The van der Waals surface area contributed by atoms with Gasteiger partial charge < -0.3 is 9.47 Å². The van der Waals surface area contributed by atoms with E-state index in [4.69, 9.17) is 9.47 Å². The zero-order valence-corrected chi connectivity index (χ0v) is 18.3. The largest absolute Gasteiger partial charge is 0.493 e. The Balaban J connectivity index is -0.000000181. The van der Waals surface area contributed by atoms with Gasteiger partial charge in [-0.2, -0.15) is 0 Å². The zero-order chi connectivity index (χ0) is 17.1. The summed E-state index contributed by atoms with van der Waals surface area (Å²) >= 11 is 0. The summed E-state index contributed by atoms with van der Waals surface area (Å²) in [5.41, 5.74) is 1.41. The fourth-order valence-corrected chi connectivity index (χ4v) is 1.86. The van der Waals surface area contributed by atoms with E-state index in [2.05, 4.69) is 57.3 Å². The van der Waals surface area contributed by atoms with Gasteiger partial charge in [0.1, 0.15) is 6.73 Å². The number of para-hydroxylation sites is 2. The molecule has 0 atom stereocenters. The molecule has 0 fully saturated rings. The van der Waals surface area contributed by atoms with Crippen molar-refractivity contribution in [3.63, 3.8) is 0 Å². The second-order valence-corrected chi connectivity index (χ2v) is 5.86. The Morgan fingerprint density at radius 1 is 0.778 bits per heavy atom. The normalized spacial score (nSPS) is 8.70. The maximum Gasteiger partial charge on any atom is 0.163 e. The van der Waals surface area contributed by atoms with Crippen molar-refractivity contribution in [2.75, 3.05) is 13.8 Å². The van der Waals surface area contributed by atoms with Crippen LogP contribution in [0.5, 0.6) is 11.5 Å². The average molecular weight is 452 g/mol. The summed E-state index contributed by atoms with van der Waals surface area (Å²) in [7, 11) is 1.64.